The number of nitrogens with zero attached hydrogens (tertiary/aromatic N) is 1. The molecule has 0 aromatic heterocycles. The first-order chi connectivity index (χ1) is 6.85. The number of nitrogens with one attached hydrogen (secondary N) is 1. The molecule has 78 valence electrons. The Labute approximate surface area is 85.4 Å². The standard InChI is InChI=1S/C11H18N2O/c12-6-11(8-14-9-11)7-13-10-4-2-1-3-5-10/h10,13H,1-5,7-9H2. The van der Waals surface area contributed by atoms with Gasteiger partial charge >= 0.3 is 0 Å². The van der Waals surface area contributed by atoms with Crippen molar-refractivity contribution in [2.75, 3.05) is 19.8 Å². The zero-order valence-electron chi connectivity index (χ0n) is 8.59. The molecule has 3 nitrogen and oxygen atoms in total. The quantitative estimate of drug-likeness (QED) is 0.739. The minimum atomic E-state index is -0.211. The normalized spacial score (nSPS) is 26.5. The fraction of sp³-hybridized carbons (Fsp3) is 0.909. The van der Waals surface area contributed by atoms with Crippen LogP contribution in [0.5, 0.6) is 0 Å². The summed E-state index contributed by atoms with van der Waals surface area (Å²) in [5, 5.41) is 12.5. The molecule has 0 radical (unpaired) electrons. The predicted octanol–water partition coefficient (Wildman–Crippen LogP) is 1.45. The Morgan fingerprint density at radius 2 is 2.00 bits per heavy atom. The summed E-state index contributed by atoms with van der Waals surface area (Å²) in [6.45, 7) is 2.04. The molecule has 1 saturated heterocycles. The van der Waals surface area contributed by atoms with Crippen molar-refractivity contribution in [3.63, 3.8) is 0 Å². The van der Waals surface area contributed by atoms with E-state index in [1.807, 2.05) is 0 Å². The number of hydrogen-bond acceptors (Lipinski definition) is 3. The molecule has 1 saturated carbocycles. The van der Waals surface area contributed by atoms with Crippen molar-refractivity contribution < 1.29 is 4.74 Å². The third-order valence-electron chi connectivity index (χ3n) is 3.33. The molecule has 2 rings (SSSR count). The van der Waals surface area contributed by atoms with Gasteiger partial charge in [0.15, 0.2) is 0 Å². The monoisotopic (exact) mass is 194 g/mol. The summed E-state index contributed by atoms with van der Waals surface area (Å²) in [7, 11) is 0. The molecule has 0 atom stereocenters. The second kappa shape index (κ2) is 4.29. The van der Waals surface area contributed by atoms with Crippen molar-refractivity contribution in [3.05, 3.63) is 0 Å². The molecule has 2 aliphatic rings. The highest BCUT2D eigenvalue weighted by atomic mass is 16.5. The molecule has 1 aliphatic carbocycles. The van der Waals surface area contributed by atoms with Gasteiger partial charge in [-0.3, -0.25) is 0 Å². The second-order valence-electron chi connectivity index (χ2n) is 4.60. The Bertz CT molecular complexity index is 224. The van der Waals surface area contributed by atoms with Crippen molar-refractivity contribution in [2.24, 2.45) is 5.41 Å². The topological polar surface area (TPSA) is 45.0 Å². The van der Waals surface area contributed by atoms with Gasteiger partial charge in [-0.2, -0.15) is 5.26 Å². The van der Waals surface area contributed by atoms with Gasteiger partial charge in [0.2, 0.25) is 0 Å². The van der Waals surface area contributed by atoms with Crippen LogP contribution in [0.15, 0.2) is 0 Å². The third-order valence-corrected chi connectivity index (χ3v) is 3.33. The van der Waals surface area contributed by atoms with Gasteiger partial charge in [0.1, 0.15) is 5.41 Å². The van der Waals surface area contributed by atoms with Crippen LogP contribution in [-0.2, 0) is 4.74 Å². The van der Waals surface area contributed by atoms with E-state index in [4.69, 9.17) is 10.00 Å². The van der Waals surface area contributed by atoms with Gasteiger partial charge in [-0.15, -0.1) is 0 Å². The summed E-state index contributed by atoms with van der Waals surface area (Å²) in [5.41, 5.74) is -0.211. The molecule has 3 heteroatoms. The summed E-state index contributed by atoms with van der Waals surface area (Å²) in [4.78, 5) is 0. The largest absolute Gasteiger partial charge is 0.378 e. The minimum absolute atomic E-state index is 0.211. The van der Waals surface area contributed by atoms with E-state index in [1.54, 1.807) is 0 Å². The number of ether oxygens (including phenoxy) is 1. The fourth-order valence-electron chi connectivity index (χ4n) is 2.20. The molecule has 2 fully saturated rings. The molecule has 0 unspecified atom stereocenters. The number of nitriles is 1. The summed E-state index contributed by atoms with van der Waals surface area (Å²) in [6.07, 6.45) is 6.62. The molecule has 0 amide bonds. The smallest absolute Gasteiger partial charge is 0.116 e. The van der Waals surface area contributed by atoms with Gasteiger partial charge in [0, 0.05) is 12.6 Å². The molecule has 0 bridgehead atoms. The van der Waals surface area contributed by atoms with Crippen molar-refractivity contribution in [1.29, 1.82) is 5.26 Å². The first-order valence-corrected chi connectivity index (χ1v) is 5.57. The van der Waals surface area contributed by atoms with Crippen LogP contribution >= 0.6 is 0 Å². The Hall–Kier alpha value is -0.590. The highest BCUT2D eigenvalue weighted by Crippen LogP contribution is 2.26. The predicted molar refractivity (Wildman–Crippen MR) is 53.7 cm³/mol. The maximum Gasteiger partial charge on any atom is 0.116 e. The molecule has 0 aromatic rings. The Balaban J connectivity index is 1.73. The lowest BCUT2D eigenvalue weighted by Gasteiger charge is -2.37. The maximum atomic E-state index is 9.00. The maximum absolute atomic E-state index is 9.00. The zero-order chi connectivity index (χ0) is 9.86. The highest BCUT2D eigenvalue weighted by Gasteiger charge is 2.39. The molecular weight excluding hydrogens is 176 g/mol. The molecule has 0 spiro atoms. The van der Waals surface area contributed by atoms with Crippen molar-refractivity contribution in [3.8, 4) is 6.07 Å². The van der Waals surface area contributed by atoms with Gasteiger partial charge in [-0.25, -0.2) is 0 Å². The van der Waals surface area contributed by atoms with Crippen LogP contribution in [0.25, 0.3) is 0 Å². The average molecular weight is 194 g/mol. The molecule has 0 aromatic carbocycles. The number of hydrogen-bond donors (Lipinski definition) is 1. The fourth-order valence-corrected chi connectivity index (χ4v) is 2.20. The van der Waals surface area contributed by atoms with Crippen LogP contribution in [-0.4, -0.2) is 25.8 Å². The van der Waals surface area contributed by atoms with Crippen LogP contribution in [0.3, 0.4) is 0 Å². The van der Waals surface area contributed by atoms with E-state index in [0.29, 0.717) is 19.3 Å². The summed E-state index contributed by atoms with van der Waals surface area (Å²) < 4.78 is 5.11. The van der Waals surface area contributed by atoms with E-state index in [0.717, 1.165) is 6.54 Å². The van der Waals surface area contributed by atoms with Crippen LogP contribution in [0.2, 0.25) is 0 Å². The Morgan fingerprint density at radius 1 is 1.29 bits per heavy atom. The van der Waals surface area contributed by atoms with E-state index in [9.17, 15) is 0 Å². The van der Waals surface area contributed by atoms with E-state index >= 15 is 0 Å². The van der Waals surface area contributed by atoms with Gasteiger partial charge in [-0.05, 0) is 12.8 Å². The summed E-state index contributed by atoms with van der Waals surface area (Å²) in [5.74, 6) is 0. The first kappa shape index (κ1) is 9.95. The first-order valence-electron chi connectivity index (χ1n) is 5.57. The third kappa shape index (κ3) is 2.08. The van der Waals surface area contributed by atoms with E-state index < -0.39 is 0 Å². The molecule has 1 N–H and O–H groups in total. The lowest BCUT2D eigenvalue weighted by atomic mass is 9.86. The van der Waals surface area contributed by atoms with E-state index in [1.165, 1.54) is 32.1 Å². The number of rotatable bonds is 3. The lowest BCUT2D eigenvalue weighted by Crippen LogP contribution is -2.50. The SMILES string of the molecule is N#CC1(CNC2CCCCC2)COC1. The Kier molecular flexibility index (Phi) is 3.05. The summed E-state index contributed by atoms with van der Waals surface area (Å²) in [6, 6.07) is 3.01. The van der Waals surface area contributed by atoms with Gasteiger partial charge in [0.25, 0.3) is 0 Å². The van der Waals surface area contributed by atoms with Gasteiger partial charge in [0.05, 0.1) is 19.3 Å². The molecular formula is C11H18N2O. The highest BCUT2D eigenvalue weighted by molar-refractivity contribution is 5.05. The van der Waals surface area contributed by atoms with Gasteiger partial charge < -0.3 is 10.1 Å². The zero-order valence-corrected chi connectivity index (χ0v) is 8.59. The van der Waals surface area contributed by atoms with Crippen LogP contribution < -0.4 is 5.32 Å². The van der Waals surface area contributed by atoms with Crippen molar-refractivity contribution >= 4 is 0 Å². The van der Waals surface area contributed by atoms with Crippen molar-refractivity contribution in [1.82, 2.24) is 5.32 Å². The van der Waals surface area contributed by atoms with Crippen LogP contribution in [0.1, 0.15) is 32.1 Å². The average Bonchev–Trinajstić information content (AvgIpc) is 2.19. The van der Waals surface area contributed by atoms with Crippen LogP contribution in [0.4, 0.5) is 0 Å². The van der Waals surface area contributed by atoms with E-state index in [-0.39, 0.29) is 5.41 Å². The van der Waals surface area contributed by atoms with E-state index in [2.05, 4.69) is 11.4 Å². The molecule has 1 aliphatic heterocycles. The van der Waals surface area contributed by atoms with Crippen LogP contribution in [0, 0.1) is 16.7 Å². The summed E-state index contributed by atoms with van der Waals surface area (Å²) >= 11 is 0. The van der Waals surface area contributed by atoms with Gasteiger partial charge in [-0.1, -0.05) is 19.3 Å². The minimum Gasteiger partial charge on any atom is -0.378 e. The van der Waals surface area contributed by atoms with Crippen molar-refractivity contribution in [2.45, 2.75) is 38.1 Å². The Morgan fingerprint density at radius 3 is 2.50 bits per heavy atom. The molecule has 1 heterocycles. The molecule has 14 heavy (non-hydrogen) atoms. The lowest BCUT2D eigenvalue weighted by molar-refractivity contribution is -0.0767. The second-order valence-corrected chi connectivity index (χ2v) is 4.60.